The van der Waals surface area contributed by atoms with Crippen LogP contribution in [0, 0.1) is 6.92 Å². The number of thioether (sulfide) groups is 1. The average Bonchev–Trinajstić information content (AvgIpc) is 2.35. The Hall–Kier alpha value is -1.06. The van der Waals surface area contributed by atoms with Crippen LogP contribution in [0.15, 0.2) is 30.3 Å². The second-order valence-electron chi connectivity index (χ2n) is 4.17. The summed E-state index contributed by atoms with van der Waals surface area (Å²) >= 11 is 1.88. The summed E-state index contributed by atoms with van der Waals surface area (Å²) in [7, 11) is 0. The van der Waals surface area contributed by atoms with E-state index in [1.54, 1.807) is 0 Å². The van der Waals surface area contributed by atoms with E-state index < -0.39 is 0 Å². The van der Waals surface area contributed by atoms with Crippen molar-refractivity contribution < 1.29 is 0 Å². The third kappa shape index (κ3) is 2.99. The van der Waals surface area contributed by atoms with Gasteiger partial charge in [0.1, 0.15) is 0 Å². The fraction of sp³-hybridized carbons (Fsp3) is 0.357. The first-order chi connectivity index (χ1) is 8.20. The van der Waals surface area contributed by atoms with Crippen LogP contribution in [0.1, 0.15) is 24.2 Å². The van der Waals surface area contributed by atoms with Gasteiger partial charge in [0.05, 0.1) is 5.52 Å². The highest BCUT2D eigenvalue weighted by Crippen LogP contribution is 2.21. The number of hydrogen-bond acceptors (Lipinski definition) is 3. The molecule has 0 aliphatic rings. The second kappa shape index (κ2) is 5.52. The molecule has 3 heteroatoms. The standard InChI is InChI=1S/C14H18N2S/c1-3-17-9-13(15)11-6-7-14-12(8-11)5-4-10(2)16-14/h4-8,13H,3,9,15H2,1-2H3. The van der Waals surface area contributed by atoms with Crippen molar-refractivity contribution in [2.45, 2.75) is 19.9 Å². The van der Waals surface area contributed by atoms with Crippen molar-refractivity contribution in [1.82, 2.24) is 4.98 Å². The molecule has 1 unspecified atom stereocenters. The van der Waals surface area contributed by atoms with Gasteiger partial charge >= 0.3 is 0 Å². The highest BCUT2D eigenvalue weighted by atomic mass is 32.2. The summed E-state index contributed by atoms with van der Waals surface area (Å²) in [6.45, 7) is 4.17. The van der Waals surface area contributed by atoms with E-state index in [-0.39, 0.29) is 6.04 Å². The molecule has 17 heavy (non-hydrogen) atoms. The fourth-order valence-electron chi connectivity index (χ4n) is 1.82. The van der Waals surface area contributed by atoms with E-state index >= 15 is 0 Å². The van der Waals surface area contributed by atoms with Crippen LogP contribution < -0.4 is 5.73 Å². The highest BCUT2D eigenvalue weighted by Gasteiger charge is 2.06. The normalized spacial score (nSPS) is 12.9. The molecule has 0 aliphatic heterocycles. The van der Waals surface area contributed by atoms with Crippen LogP contribution in [0.4, 0.5) is 0 Å². The SMILES string of the molecule is CCSCC(N)c1ccc2nc(C)ccc2c1. The molecule has 0 saturated carbocycles. The van der Waals surface area contributed by atoms with Crippen molar-refractivity contribution in [2.24, 2.45) is 5.73 Å². The first-order valence-corrected chi connectivity index (χ1v) is 7.07. The van der Waals surface area contributed by atoms with Crippen LogP contribution in [0.25, 0.3) is 10.9 Å². The van der Waals surface area contributed by atoms with Crippen molar-refractivity contribution in [3.05, 3.63) is 41.6 Å². The van der Waals surface area contributed by atoms with E-state index in [1.807, 2.05) is 24.8 Å². The Kier molecular flexibility index (Phi) is 4.02. The maximum atomic E-state index is 6.16. The zero-order chi connectivity index (χ0) is 12.3. The molecule has 1 heterocycles. The average molecular weight is 246 g/mol. The molecule has 1 aromatic heterocycles. The minimum Gasteiger partial charge on any atom is -0.323 e. The van der Waals surface area contributed by atoms with E-state index in [0.717, 1.165) is 22.7 Å². The molecule has 1 aromatic carbocycles. The molecular formula is C14H18N2S. The number of nitrogens with zero attached hydrogens (tertiary/aromatic N) is 1. The molecule has 2 rings (SSSR count). The van der Waals surface area contributed by atoms with E-state index in [1.165, 1.54) is 10.9 Å². The number of benzene rings is 1. The number of fused-ring (bicyclic) bond motifs is 1. The monoisotopic (exact) mass is 246 g/mol. The van der Waals surface area contributed by atoms with Gasteiger partial charge in [0.15, 0.2) is 0 Å². The van der Waals surface area contributed by atoms with Gasteiger partial charge in [-0.1, -0.05) is 19.1 Å². The molecule has 0 amide bonds. The lowest BCUT2D eigenvalue weighted by atomic mass is 10.1. The van der Waals surface area contributed by atoms with Crippen LogP contribution in [0.3, 0.4) is 0 Å². The van der Waals surface area contributed by atoms with Crippen molar-refractivity contribution >= 4 is 22.7 Å². The summed E-state index contributed by atoms with van der Waals surface area (Å²) in [5, 5.41) is 1.17. The van der Waals surface area contributed by atoms with Crippen LogP contribution in [0.5, 0.6) is 0 Å². The molecule has 2 aromatic rings. The predicted octanol–water partition coefficient (Wildman–Crippen LogP) is 3.30. The second-order valence-corrected chi connectivity index (χ2v) is 5.49. The number of aromatic nitrogens is 1. The maximum Gasteiger partial charge on any atom is 0.0705 e. The molecule has 0 spiro atoms. The third-order valence-corrected chi connectivity index (χ3v) is 3.79. The first kappa shape index (κ1) is 12.4. The summed E-state index contributed by atoms with van der Waals surface area (Å²) in [6, 6.07) is 10.6. The Morgan fingerprint density at radius 2 is 2.12 bits per heavy atom. The number of pyridine rings is 1. The lowest BCUT2D eigenvalue weighted by Gasteiger charge is -2.12. The third-order valence-electron chi connectivity index (χ3n) is 2.78. The minimum absolute atomic E-state index is 0.116. The van der Waals surface area contributed by atoms with E-state index in [9.17, 15) is 0 Å². The van der Waals surface area contributed by atoms with Gasteiger partial charge < -0.3 is 5.73 Å². The van der Waals surface area contributed by atoms with E-state index in [2.05, 4.69) is 36.2 Å². The largest absolute Gasteiger partial charge is 0.323 e. The Balaban J connectivity index is 2.28. The van der Waals surface area contributed by atoms with Crippen LogP contribution in [0.2, 0.25) is 0 Å². The zero-order valence-electron chi connectivity index (χ0n) is 10.3. The van der Waals surface area contributed by atoms with Gasteiger partial charge in [-0.05, 0) is 36.4 Å². The Labute approximate surface area is 107 Å². The zero-order valence-corrected chi connectivity index (χ0v) is 11.1. The highest BCUT2D eigenvalue weighted by molar-refractivity contribution is 7.99. The smallest absolute Gasteiger partial charge is 0.0705 e. The number of aryl methyl sites for hydroxylation is 1. The molecule has 0 bridgehead atoms. The predicted molar refractivity (Wildman–Crippen MR) is 76.4 cm³/mol. The van der Waals surface area contributed by atoms with Gasteiger partial charge in [0, 0.05) is 22.9 Å². The van der Waals surface area contributed by atoms with Crippen molar-refractivity contribution in [1.29, 1.82) is 0 Å². The topological polar surface area (TPSA) is 38.9 Å². The fourth-order valence-corrected chi connectivity index (χ4v) is 2.50. The van der Waals surface area contributed by atoms with Crippen LogP contribution in [-0.2, 0) is 0 Å². The Morgan fingerprint density at radius 1 is 1.29 bits per heavy atom. The van der Waals surface area contributed by atoms with E-state index in [0.29, 0.717) is 0 Å². The van der Waals surface area contributed by atoms with Crippen molar-refractivity contribution in [3.63, 3.8) is 0 Å². The molecule has 2 N–H and O–H groups in total. The number of hydrogen-bond donors (Lipinski definition) is 1. The molecule has 1 atom stereocenters. The number of nitrogens with two attached hydrogens (primary N) is 1. The van der Waals surface area contributed by atoms with Gasteiger partial charge in [-0.25, -0.2) is 0 Å². The minimum atomic E-state index is 0.116. The molecular weight excluding hydrogens is 228 g/mol. The van der Waals surface area contributed by atoms with Gasteiger partial charge in [0.25, 0.3) is 0 Å². The summed E-state index contributed by atoms with van der Waals surface area (Å²) in [6.07, 6.45) is 0. The summed E-state index contributed by atoms with van der Waals surface area (Å²) in [5.74, 6) is 2.09. The lowest BCUT2D eigenvalue weighted by Crippen LogP contribution is -2.13. The summed E-state index contributed by atoms with van der Waals surface area (Å²) in [4.78, 5) is 4.49. The molecule has 2 nitrogen and oxygen atoms in total. The van der Waals surface area contributed by atoms with Gasteiger partial charge in [-0.3, -0.25) is 4.98 Å². The summed E-state index contributed by atoms with van der Waals surface area (Å²) < 4.78 is 0. The molecule has 0 radical (unpaired) electrons. The number of rotatable bonds is 4. The van der Waals surface area contributed by atoms with Gasteiger partial charge in [0.2, 0.25) is 0 Å². The maximum absolute atomic E-state index is 6.16. The molecule has 90 valence electrons. The first-order valence-electron chi connectivity index (χ1n) is 5.91. The van der Waals surface area contributed by atoms with Crippen LogP contribution in [-0.4, -0.2) is 16.5 Å². The van der Waals surface area contributed by atoms with Crippen molar-refractivity contribution in [2.75, 3.05) is 11.5 Å². The summed E-state index contributed by atoms with van der Waals surface area (Å²) in [5.41, 5.74) is 9.46. The van der Waals surface area contributed by atoms with Crippen molar-refractivity contribution in [3.8, 4) is 0 Å². The lowest BCUT2D eigenvalue weighted by molar-refractivity contribution is 0.833. The van der Waals surface area contributed by atoms with Gasteiger partial charge in [-0.15, -0.1) is 0 Å². The quantitative estimate of drug-likeness (QED) is 0.899. The molecule has 0 saturated heterocycles. The molecule has 0 aliphatic carbocycles. The van der Waals surface area contributed by atoms with E-state index in [4.69, 9.17) is 5.73 Å². The Bertz CT molecular complexity index is 511. The van der Waals surface area contributed by atoms with Crippen LogP contribution >= 0.6 is 11.8 Å². The molecule has 0 fully saturated rings. The Morgan fingerprint density at radius 3 is 2.88 bits per heavy atom. The van der Waals surface area contributed by atoms with Gasteiger partial charge in [-0.2, -0.15) is 11.8 Å².